The van der Waals surface area contributed by atoms with E-state index in [1.807, 2.05) is 13.0 Å². The van der Waals surface area contributed by atoms with Crippen LogP contribution in [-0.2, 0) is 4.79 Å². The standard InChI is InChI=1S/C18H17ClN2O3/c1-3-23-17-10-13(11-20)4-9-16(17)24-12(2)18(22)21-15-7-5-14(19)6-8-15/h4-10,12H,3H2,1-2H3,(H,21,22)/t12-/m1/s1. The van der Waals surface area contributed by atoms with Gasteiger partial charge in [0.25, 0.3) is 5.91 Å². The minimum atomic E-state index is -0.743. The largest absolute Gasteiger partial charge is 0.490 e. The summed E-state index contributed by atoms with van der Waals surface area (Å²) in [7, 11) is 0. The highest BCUT2D eigenvalue weighted by Gasteiger charge is 2.17. The molecular formula is C18H17ClN2O3. The van der Waals surface area contributed by atoms with Gasteiger partial charge in [-0.15, -0.1) is 0 Å². The lowest BCUT2D eigenvalue weighted by Crippen LogP contribution is -2.30. The molecule has 0 heterocycles. The van der Waals surface area contributed by atoms with Crippen molar-refractivity contribution in [2.24, 2.45) is 0 Å². The van der Waals surface area contributed by atoms with Gasteiger partial charge < -0.3 is 14.8 Å². The lowest BCUT2D eigenvalue weighted by atomic mass is 10.2. The Hall–Kier alpha value is -2.71. The van der Waals surface area contributed by atoms with Crippen LogP contribution >= 0.6 is 11.6 Å². The number of benzene rings is 2. The van der Waals surface area contributed by atoms with E-state index in [1.54, 1.807) is 49.4 Å². The first-order valence-electron chi connectivity index (χ1n) is 7.43. The molecule has 24 heavy (non-hydrogen) atoms. The summed E-state index contributed by atoms with van der Waals surface area (Å²) in [6.07, 6.45) is -0.743. The molecule has 0 fully saturated rings. The van der Waals surface area contributed by atoms with Gasteiger partial charge in [0, 0.05) is 16.8 Å². The highest BCUT2D eigenvalue weighted by molar-refractivity contribution is 6.30. The fraction of sp³-hybridized carbons (Fsp3) is 0.222. The molecule has 1 N–H and O–H groups in total. The summed E-state index contributed by atoms with van der Waals surface area (Å²) in [6, 6.07) is 13.7. The van der Waals surface area contributed by atoms with Crippen LogP contribution in [0.3, 0.4) is 0 Å². The van der Waals surface area contributed by atoms with Crippen molar-refractivity contribution < 1.29 is 14.3 Å². The molecule has 5 nitrogen and oxygen atoms in total. The summed E-state index contributed by atoms with van der Waals surface area (Å²) in [4.78, 5) is 12.2. The Morgan fingerprint density at radius 2 is 1.96 bits per heavy atom. The highest BCUT2D eigenvalue weighted by Crippen LogP contribution is 2.29. The molecule has 0 radical (unpaired) electrons. The van der Waals surface area contributed by atoms with E-state index in [-0.39, 0.29) is 5.91 Å². The van der Waals surface area contributed by atoms with Crippen LogP contribution in [0.25, 0.3) is 0 Å². The smallest absolute Gasteiger partial charge is 0.265 e. The van der Waals surface area contributed by atoms with E-state index in [0.29, 0.717) is 34.4 Å². The van der Waals surface area contributed by atoms with Gasteiger partial charge in [0.1, 0.15) is 0 Å². The molecule has 0 saturated carbocycles. The number of amides is 1. The molecule has 0 aromatic heterocycles. The minimum absolute atomic E-state index is 0.302. The topological polar surface area (TPSA) is 71.3 Å². The molecule has 0 spiro atoms. The molecule has 0 aliphatic carbocycles. The predicted molar refractivity (Wildman–Crippen MR) is 92.5 cm³/mol. The first-order chi connectivity index (χ1) is 11.5. The maximum absolute atomic E-state index is 12.2. The van der Waals surface area contributed by atoms with E-state index in [2.05, 4.69) is 5.32 Å². The third kappa shape index (κ3) is 4.64. The van der Waals surface area contributed by atoms with Crippen molar-refractivity contribution >= 4 is 23.2 Å². The molecule has 1 atom stereocenters. The van der Waals surface area contributed by atoms with Crippen LogP contribution < -0.4 is 14.8 Å². The zero-order valence-electron chi connectivity index (χ0n) is 13.4. The van der Waals surface area contributed by atoms with Crippen molar-refractivity contribution in [2.75, 3.05) is 11.9 Å². The van der Waals surface area contributed by atoms with Crippen LogP contribution in [0.2, 0.25) is 5.02 Å². The first-order valence-corrected chi connectivity index (χ1v) is 7.81. The normalized spacial score (nSPS) is 11.2. The maximum atomic E-state index is 12.2. The van der Waals surface area contributed by atoms with Crippen LogP contribution in [0.15, 0.2) is 42.5 Å². The number of hydrogen-bond donors (Lipinski definition) is 1. The lowest BCUT2D eigenvalue weighted by Gasteiger charge is -2.17. The van der Waals surface area contributed by atoms with Gasteiger partial charge >= 0.3 is 0 Å². The highest BCUT2D eigenvalue weighted by atomic mass is 35.5. The zero-order chi connectivity index (χ0) is 17.5. The van der Waals surface area contributed by atoms with E-state index in [9.17, 15) is 4.79 Å². The van der Waals surface area contributed by atoms with Gasteiger partial charge in [-0.2, -0.15) is 5.26 Å². The number of halogens is 1. The molecule has 0 aliphatic heterocycles. The molecule has 0 bridgehead atoms. The Balaban J connectivity index is 2.08. The SMILES string of the molecule is CCOc1cc(C#N)ccc1O[C@H](C)C(=O)Nc1ccc(Cl)cc1. The van der Waals surface area contributed by atoms with Crippen LogP contribution in [-0.4, -0.2) is 18.6 Å². The molecule has 0 aliphatic rings. The number of nitrogens with zero attached hydrogens (tertiary/aromatic N) is 1. The summed E-state index contributed by atoms with van der Waals surface area (Å²) in [5, 5.41) is 12.3. The fourth-order valence-electron chi connectivity index (χ4n) is 1.96. The van der Waals surface area contributed by atoms with Crippen LogP contribution in [0.5, 0.6) is 11.5 Å². The van der Waals surface area contributed by atoms with Gasteiger partial charge in [0.2, 0.25) is 0 Å². The van der Waals surface area contributed by atoms with Gasteiger partial charge in [-0.05, 0) is 50.2 Å². The molecule has 0 saturated heterocycles. The van der Waals surface area contributed by atoms with Crippen molar-refractivity contribution in [1.29, 1.82) is 5.26 Å². The molecule has 6 heteroatoms. The Kier molecular flexibility index (Phi) is 6.05. The van der Waals surface area contributed by atoms with Gasteiger partial charge in [0.05, 0.1) is 18.2 Å². The molecule has 2 rings (SSSR count). The zero-order valence-corrected chi connectivity index (χ0v) is 14.1. The van der Waals surface area contributed by atoms with E-state index in [1.165, 1.54) is 0 Å². The van der Waals surface area contributed by atoms with E-state index < -0.39 is 6.10 Å². The molecular weight excluding hydrogens is 328 g/mol. The summed E-state index contributed by atoms with van der Waals surface area (Å²) in [5.41, 5.74) is 1.09. The summed E-state index contributed by atoms with van der Waals surface area (Å²) in [6.45, 7) is 3.90. The predicted octanol–water partition coefficient (Wildman–Crippen LogP) is 4.02. The van der Waals surface area contributed by atoms with Gasteiger partial charge in [-0.25, -0.2) is 0 Å². The van der Waals surface area contributed by atoms with E-state index in [0.717, 1.165) is 0 Å². The van der Waals surface area contributed by atoms with Crippen molar-refractivity contribution in [1.82, 2.24) is 0 Å². The summed E-state index contributed by atoms with van der Waals surface area (Å²) < 4.78 is 11.2. The average molecular weight is 345 g/mol. The van der Waals surface area contributed by atoms with Crippen molar-refractivity contribution in [3.63, 3.8) is 0 Å². The number of carbonyl (C=O) groups is 1. The van der Waals surface area contributed by atoms with Gasteiger partial charge in [-0.1, -0.05) is 11.6 Å². The van der Waals surface area contributed by atoms with Gasteiger partial charge in [0.15, 0.2) is 17.6 Å². The molecule has 1 amide bonds. The number of carbonyl (C=O) groups excluding carboxylic acids is 1. The number of nitriles is 1. The average Bonchev–Trinajstić information content (AvgIpc) is 2.58. The van der Waals surface area contributed by atoms with Crippen molar-refractivity contribution in [3.05, 3.63) is 53.1 Å². The van der Waals surface area contributed by atoms with E-state index >= 15 is 0 Å². The number of nitrogens with one attached hydrogen (secondary N) is 1. The molecule has 2 aromatic carbocycles. The molecule has 0 unspecified atom stereocenters. The molecule has 124 valence electrons. The molecule has 2 aromatic rings. The second-order valence-corrected chi connectivity index (χ2v) is 5.40. The van der Waals surface area contributed by atoms with E-state index in [4.69, 9.17) is 26.3 Å². The third-order valence-corrected chi connectivity index (χ3v) is 3.41. The van der Waals surface area contributed by atoms with Crippen molar-refractivity contribution in [2.45, 2.75) is 20.0 Å². The van der Waals surface area contributed by atoms with Gasteiger partial charge in [-0.3, -0.25) is 4.79 Å². The number of rotatable bonds is 6. The number of anilines is 1. The Bertz CT molecular complexity index is 754. The minimum Gasteiger partial charge on any atom is -0.490 e. The lowest BCUT2D eigenvalue weighted by molar-refractivity contribution is -0.122. The summed E-state index contributed by atoms with van der Waals surface area (Å²) in [5.74, 6) is 0.543. The third-order valence-electron chi connectivity index (χ3n) is 3.16. The van der Waals surface area contributed by atoms with Crippen LogP contribution in [0.1, 0.15) is 19.4 Å². The van der Waals surface area contributed by atoms with Crippen molar-refractivity contribution in [3.8, 4) is 17.6 Å². The Labute approximate surface area is 145 Å². The second-order valence-electron chi connectivity index (χ2n) is 4.96. The maximum Gasteiger partial charge on any atom is 0.265 e. The quantitative estimate of drug-likeness (QED) is 0.859. The van der Waals surface area contributed by atoms with Crippen LogP contribution in [0.4, 0.5) is 5.69 Å². The second kappa shape index (κ2) is 8.23. The number of hydrogen-bond acceptors (Lipinski definition) is 4. The van der Waals surface area contributed by atoms with Crippen LogP contribution in [0, 0.1) is 11.3 Å². The first kappa shape index (κ1) is 17.6. The monoisotopic (exact) mass is 344 g/mol. The fourth-order valence-corrected chi connectivity index (χ4v) is 2.09. The summed E-state index contributed by atoms with van der Waals surface area (Å²) >= 11 is 5.82. The Morgan fingerprint density at radius 1 is 1.25 bits per heavy atom. The number of ether oxygens (including phenoxy) is 2. The Morgan fingerprint density at radius 3 is 2.58 bits per heavy atom.